The Hall–Kier alpha value is -2.52. The summed E-state index contributed by atoms with van der Waals surface area (Å²) in [6.45, 7) is 8.44. The van der Waals surface area contributed by atoms with E-state index in [4.69, 9.17) is 9.79 Å². The van der Waals surface area contributed by atoms with E-state index in [9.17, 15) is 9.36 Å². The van der Waals surface area contributed by atoms with Crippen LogP contribution in [0.15, 0.2) is 54.6 Å². The molecule has 1 aromatic heterocycles. The molecule has 4 N–H and O–H groups in total. The maximum atomic E-state index is 13.3. The van der Waals surface area contributed by atoms with Crippen molar-refractivity contribution < 1.29 is 19.1 Å². The summed E-state index contributed by atoms with van der Waals surface area (Å²) < 4.78 is 11.2. The Labute approximate surface area is 234 Å². The molecular weight excluding hydrogens is 531 g/mol. The molecule has 0 saturated carbocycles. The lowest BCUT2D eigenvalue weighted by atomic mass is 10.0. The second kappa shape index (κ2) is 11.9. The van der Waals surface area contributed by atoms with Crippen LogP contribution in [-0.4, -0.2) is 64.0 Å². The number of thiophene rings is 1. The highest BCUT2D eigenvalue weighted by molar-refractivity contribution is 7.51. The molecule has 3 heterocycles. The van der Waals surface area contributed by atoms with Gasteiger partial charge in [-0.05, 0) is 86.8 Å². The molecular formula is C29H37N4O4PS. The second-order valence-electron chi connectivity index (χ2n) is 10.8. The van der Waals surface area contributed by atoms with E-state index in [-0.39, 0.29) is 24.3 Å². The number of anilines is 1. The number of carbonyl (C=O) groups is 1. The van der Waals surface area contributed by atoms with Crippen molar-refractivity contribution in [1.29, 1.82) is 0 Å². The number of hydrogen-bond donors (Lipinski definition) is 4. The Bertz CT molecular complexity index is 1360. The second-order valence-corrected chi connectivity index (χ2v) is 13.6. The smallest absolute Gasteiger partial charge is 0.339 e. The molecule has 1 atom stereocenters. The third kappa shape index (κ3) is 7.37. The van der Waals surface area contributed by atoms with Gasteiger partial charge in [0.1, 0.15) is 6.29 Å². The van der Waals surface area contributed by atoms with Gasteiger partial charge in [0, 0.05) is 40.6 Å². The van der Waals surface area contributed by atoms with Crippen LogP contribution in [0, 0.1) is 6.92 Å². The first-order valence-corrected chi connectivity index (χ1v) is 16.1. The van der Waals surface area contributed by atoms with Crippen molar-refractivity contribution in [1.82, 2.24) is 15.1 Å². The Morgan fingerprint density at radius 1 is 1.08 bits per heavy atom. The van der Waals surface area contributed by atoms with E-state index in [2.05, 4.69) is 51.9 Å². The Morgan fingerprint density at radius 2 is 1.85 bits per heavy atom. The van der Waals surface area contributed by atoms with Crippen LogP contribution in [-0.2, 0) is 11.1 Å². The Balaban J connectivity index is 1.20. The molecule has 8 nitrogen and oxygen atoms in total. The van der Waals surface area contributed by atoms with Crippen LogP contribution in [0.5, 0.6) is 0 Å². The maximum Gasteiger partial charge on any atom is 0.339 e. The maximum absolute atomic E-state index is 13.3. The third-order valence-corrected chi connectivity index (χ3v) is 9.34. The molecule has 0 bridgehead atoms. The fraction of sp³-hybridized carbons (Fsp3) is 0.414. The number of nitrogens with one attached hydrogen (secondary N) is 2. The van der Waals surface area contributed by atoms with E-state index in [1.54, 1.807) is 4.90 Å². The molecule has 39 heavy (non-hydrogen) atoms. The molecule has 0 radical (unpaired) electrons. The minimum Gasteiger partial charge on any atom is -0.380 e. The van der Waals surface area contributed by atoms with Gasteiger partial charge in [0.2, 0.25) is 0 Å². The van der Waals surface area contributed by atoms with Gasteiger partial charge < -0.3 is 20.4 Å². The van der Waals surface area contributed by atoms with Crippen LogP contribution in [0.2, 0.25) is 0 Å². The number of hydrogen-bond acceptors (Lipinski definition) is 6. The molecule has 10 heteroatoms. The van der Waals surface area contributed by atoms with Gasteiger partial charge in [0.25, 0.3) is 5.91 Å². The van der Waals surface area contributed by atoms with Crippen LogP contribution < -0.4 is 10.6 Å². The van der Waals surface area contributed by atoms with Gasteiger partial charge in [-0.1, -0.05) is 24.3 Å². The van der Waals surface area contributed by atoms with Crippen molar-refractivity contribution >= 4 is 30.5 Å². The summed E-state index contributed by atoms with van der Waals surface area (Å²) >= 11 is 1.84. The summed E-state index contributed by atoms with van der Waals surface area (Å²) in [5.74, 6) is -0.130. The zero-order chi connectivity index (χ0) is 27.6. The van der Waals surface area contributed by atoms with Crippen molar-refractivity contribution in [2.45, 2.75) is 45.3 Å². The van der Waals surface area contributed by atoms with Crippen LogP contribution in [0.25, 0.3) is 10.4 Å². The minimum absolute atomic E-state index is 0.0879. The van der Waals surface area contributed by atoms with Gasteiger partial charge in [-0.2, -0.15) is 0 Å². The highest BCUT2D eigenvalue weighted by Gasteiger charge is 2.31. The molecule has 2 aromatic carbocycles. The number of amides is 1. The van der Waals surface area contributed by atoms with E-state index < -0.39 is 7.60 Å². The number of benzene rings is 2. The highest BCUT2D eigenvalue weighted by Crippen LogP contribution is 2.37. The van der Waals surface area contributed by atoms with E-state index in [0.29, 0.717) is 18.7 Å². The van der Waals surface area contributed by atoms with E-state index in [1.165, 1.54) is 41.2 Å². The van der Waals surface area contributed by atoms with Crippen LogP contribution >= 0.6 is 18.9 Å². The van der Waals surface area contributed by atoms with Gasteiger partial charge >= 0.3 is 7.60 Å². The summed E-state index contributed by atoms with van der Waals surface area (Å²) in [5.41, 5.74) is 4.55. The van der Waals surface area contributed by atoms with Gasteiger partial charge in [0.15, 0.2) is 0 Å². The summed E-state index contributed by atoms with van der Waals surface area (Å²) in [6.07, 6.45) is 2.37. The van der Waals surface area contributed by atoms with E-state index in [1.807, 2.05) is 43.4 Å². The number of nitrogens with zero attached hydrogens (tertiary/aromatic N) is 2. The molecule has 0 spiro atoms. The molecule has 1 amide bonds. The van der Waals surface area contributed by atoms with Crippen molar-refractivity contribution in [3.05, 3.63) is 76.2 Å². The lowest BCUT2D eigenvalue weighted by Gasteiger charge is -2.40. The Kier molecular flexibility index (Phi) is 8.57. The molecule has 5 rings (SSSR count). The lowest BCUT2D eigenvalue weighted by molar-refractivity contribution is 0.0939. The SMILES string of the molecule is Cc1ccc(NC2CN(CP(=O)(O)O)C2)cc1C(=O)NC(C)c1cccc(-c2ccc(CN3CCCC3)s2)c1. The van der Waals surface area contributed by atoms with Crippen molar-refractivity contribution in [3.63, 3.8) is 0 Å². The van der Waals surface area contributed by atoms with E-state index >= 15 is 0 Å². The normalized spacial score (nSPS) is 17.6. The largest absolute Gasteiger partial charge is 0.380 e. The van der Waals surface area contributed by atoms with Crippen molar-refractivity contribution in [3.8, 4) is 10.4 Å². The lowest BCUT2D eigenvalue weighted by Crippen LogP contribution is -2.54. The van der Waals surface area contributed by atoms with Crippen molar-refractivity contribution in [2.75, 3.05) is 37.8 Å². The Morgan fingerprint density at radius 3 is 2.59 bits per heavy atom. The average molecular weight is 569 g/mol. The number of carbonyl (C=O) groups excluding carboxylic acids is 1. The van der Waals surface area contributed by atoms with Crippen LogP contribution in [0.4, 0.5) is 5.69 Å². The molecule has 1 unspecified atom stereocenters. The fourth-order valence-electron chi connectivity index (χ4n) is 5.33. The first-order chi connectivity index (χ1) is 18.6. The molecule has 3 aromatic rings. The van der Waals surface area contributed by atoms with Crippen LogP contribution in [0.1, 0.15) is 52.2 Å². The third-order valence-electron chi connectivity index (χ3n) is 7.45. The summed E-state index contributed by atoms with van der Waals surface area (Å²) in [6, 6.07) is 18.5. The molecule has 208 valence electrons. The summed E-state index contributed by atoms with van der Waals surface area (Å²) in [4.78, 5) is 38.4. The number of rotatable bonds is 10. The predicted molar refractivity (Wildman–Crippen MR) is 157 cm³/mol. The average Bonchev–Trinajstić information content (AvgIpc) is 3.56. The fourth-order valence-corrected chi connectivity index (χ4v) is 7.13. The first-order valence-electron chi connectivity index (χ1n) is 13.5. The quantitative estimate of drug-likeness (QED) is 0.254. The molecule has 2 aliphatic rings. The predicted octanol–water partition coefficient (Wildman–Crippen LogP) is 5.04. The monoisotopic (exact) mass is 568 g/mol. The number of likely N-dealkylation sites (tertiary alicyclic amines) is 2. The van der Waals surface area contributed by atoms with Crippen LogP contribution in [0.3, 0.4) is 0 Å². The molecule has 2 aliphatic heterocycles. The molecule has 0 aliphatic carbocycles. The summed E-state index contributed by atoms with van der Waals surface area (Å²) in [5, 5.41) is 6.54. The topological polar surface area (TPSA) is 105 Å². The van der Waals surface area contributed by atoms with Crippen molar-refractivity contribution in [2.24, 2.45) is 0 Å². The van der Waals surface area contributed by atoms with Gasteiger partial charge in [-0.3, -0.25) is 19.2 Å². The van der Waals surface area contributed by atoms with E-state index in [0.717, 1.165) is 23.4 Å². The minimum atomic E-state index is -4.04. The highest BCUT2D eigenvalue weighted by atomic mass is 32.1. The first kappa shape index (κ1) is 28.0. The zero-order valence-corrected chi connectivity index (χ0v) is 24.2. The number of aryl methyl sites for hydroxylation is 1. The van der Waals surface area contributed by atoms with Gasteiger partial charge in [-0.25, -0.2) is 0 Å². The molecule has 2 saturated heterocycles. The zero-order valence-electron chi connectivity index (χ0n) is 22.5. The standard InChI is InChI=1S/C29H37N4O4PS/c1-20-8-9-24(31-25-16-33(17-25)19-38(35,36)37)15-27(20)29(34)30-21(2)22-6-5-7-23(14-22)28-11-10-26(39-28)18-32-12-3-4-13-32/h5-11,14-15,21,25,31H,3-4,12-13,16-19H2,1-2H3,(H,30,34)(H2,35,36,37). The van der Waals surface area contributed by atoms with Gasteiger partial charge in [-0.15, -0.1) is 11.3 Å². The summed E-state index contributed by atoms with van der Waals surface area (Å²) in [7, 11) is -4.04. The molecule has 2 fully saturated rings. The van der Waals surface area contributed by atoms with Gasteiger partial charge in [0.05, 0.1) is 12.1 Å².